The summed E-state index contributed by atoms with van der Waals surface area (Å²) in [7, 11) is 1.24. The molecule has 0 aromatic carbocycles. The number of rotatable bonds is 5. The maximum atomic E-state index is 10.4. The van der Waals surface area contributed by atoms with E-state index in [1.165, 1.54) is 7.48 Å². The molecule has 3 N–H and O–H groups in total. The van der Waals surface area contributed by atoms with Crippen molar-refractivity contribution in [3.8, 4) is 0 Å². The molecule has 0 heterocycles. The van der Waals surface area contributed by atoms with Gasteiger partial charge in [0.25, 0.3) is 0 Å². The molecule has 0 aliphatic carbocycles. The predicted molar refractivity (Wildman–Crippen MR) is 55.6 cm³/mol. The minimum absolute atomic E-state index is 0.238. The van der Waals surface area contributed by atoms with Crippen molar-refractivity contribution in [1.29, 1.82) is 0 Å². The molecule has 0 aromatic rings. The smallest absolute Gasteiger partial charge is 0.335 e. The van der Waals surface area contributed by atoms with Crippen molar-refractivity contribution in [3.63, 3.8) is 0 Å². The fourth-order valence-corrected chi connectivity index (χ4v) is 0.466. The van der Waals surface area contributed by atoms with Gasteiger partial charge in [0.1, 0.15) is 6.29 Å². The van der Waals surface area contributed by atoms with E-state index in [2.05, 4.69) is 0 Å². The zero-order chi connectivity index (χ0) is 11.4. The molecule has 5 heteroatoms. The fraction of sp³-hybridized carbons (Fsp3) is 0.667. The molecule has 0 aliphatic rings. The van der Waals surface area contributed by atoms with Gasteiger partial charge >= 0.3 is 7.48 Å². The van der Waals surface area contributed by atoms with Crippen LogP contribution in [0.5, 0.6) is 0 Å². The van der Waals surface area contributed by atoms with E-state index in [9.17, 15) is 9.90 Å². The first-order valence-corrected chi connectivity index (χ1v) is 4.35. The van der Waals surface area contributed by atoms with Crippen LogP contribution >= 0.6 is 0 Å². The number of carbonyl (C=O) groups excluding carboxylic acids is 1. The van der Waals surface area contributed by atoms with E-state index in [0.717, 1.165) is 6.20 Å². The zero-order valence-electron chi connectivity index (χ0n) is 9.07. The molecular weight excluding hydrogens is 181 g/mol. The summed E-state index contributed by atoms with van der Waals surface area (Å²) in [6.45, 7) is 6.71. The van der Waals surface area contributed by atoms with Gasteiger partial charge in [-0.15, -0.1) is 0 Å². The van der Waals surface area contributed by atoms with Crippen molar-refractivity contribution in [1.82, 2.24) is 0 Å². The van der Waals surface area contributed by atoms with E-state index in [1.807, 2.05) is 0 Å². The number of hydrogen-bond donors (Lipinski definition) is 2. The van der Waals surface area contributed by atoms with Crippen molar-refractivity contribution < 1.29 is 14.6 Å². The predicted octanol–water partition coefficient (Wildman–Crippen LogP) is 0.171. The van der Waals surface area contributed by atoms with Crippen LogP contribution in [-0.2, 0) is 9.45 Å². The first-order chi connectivity index (χ1) is 6.24. The highest BCUT2D eigenvalue weighted by atomic mass is 16.5. The van der Waals surface area contributed by atoms with Crippen molar-refractivity contribution >= 4 is 13.8 Å². The first-order valence-electron chi connectivity index (χ1n) is 4.35. The van der Waals surface area contributed by atoms with Gasteiger partial charge in [0.15, 0.2) is 0 Å². The van der Waals surface area contributed by atoms with E-state index >= 15 is 0 Å². The molecule has 0 bridgehead atoms. The number of carbonyl (C=O) groups is 1. The lowest BCUT2D eigenvalue weighted by molar-refractivity contribution is -0.105. The molecular formula is C9H17BNO3. The third-order valence-corrected chi connectivity index (χ3v) is 2.29. The van der Waals surface area contributed by atoms with E-state index < -0.39 is 11.2 Å². The first kappa shape index (κ1) is 13.2. The minimum atomic E-state index is -1.01. The molecule has 0 fully saturated rings. The summed E-state index contributed by atoms with van der Waals surface area (Å²) in [5, 5.41) is 9.72. The van der Waals surface area contributed by atoms with Crippen molar-refractivity contribution in [3.05, 3.63) is 11.7 Å². The molecule has 4 nitrogen and oxygen atoms in total. The van der Waals surface area contributed by atoms with Gasteiger partial charge in [-0.05, 0) is 33.9 Å². The quantitative estimate of drug-likeness (QED) is 0.375. The average Bonchev–Trinajstić information content (AvgIpc) is 2.04. The summed E-state index contributed by atoms with van der Waals surface area (Å²) in [4.78, 5) is 10.4. The van der Waals surface area contributed by atoms with Gasteiger partial charge in [-0.3, -0.25) is 4.79 Å². The Balaban J connectivity index is 4.33. The molecule has 79 valence electrons. The van der Waals surface area contributed by atoms with Gasteiger partial charge < -0.3 is 15.5 Å². The van der Waals surface area contributed by atoms with Crippen LogP contribution in [0.15, 0.2) is 11.7 Å². The summed E-state index contributed by atoms with van der Waals surface area (Å²) < 4.78 is 5.28. The second-order valence-corrected chi connectivity index (χ2v) is 4.09. The van der Waals surface area contributed by atoms with Crippen molar-refractivity contribution in [2.45, 2.75) is 38.9 Å². The Kier molecular flexibility index (Phi) is 4.35. The standard InChI is InChI=1S/C9H17BNO3/c1-8(2,13)9(3,4)14-10-7(5-11)6-12/h5-6,13H,11H2,1-4H3/b7-5+. The van der Waals surface area contributed by atoms with Crippen LogP contribution in [-0.4, -0.2) is 30.1 Å². The Morgan fingerprint density at radius 3 is 2.21 bits per heavy atom. The summed E-state index contributed by atoms with van der Waals surface area (Å²) in [6.07, 6.45) is 1.73. The zero-order valence-corrected chi connectivity index (χ0v) is 9.07. The lowest BCUT2D eigenvalue weighted by Crippen LogP contribution is -2.48. The summed E-state index contributed by atoms with van der Waals surface area (Å²) in [6, 6.07) is 0. The Hall–Kier alpha value is -0.805. The van der Waals surface area contributed by atoms with Gasteiger partial charge in [-0.1, -0.05) is 0 Å². The molecule has 1 radical (unpaired) electrons. The molecule has 0 spiro atoms. The molecule has 0 saturated carbocycles. The second kappa shape index (κ2) is 4.62. The molecule has 0 atom stereocenters. The van der Waals surface area contributed by atoms with E-state index in [-0.39, 0.29) is 5.47 Å². The molecule has 0 rings (SSSR count). The highest BCUT2D eigenvalue weighted by molar-refractivity contribution is 6.45. The minimum Gasteiger partial charge on any atom is -0.426 e. The largest absolute Gasteiger partial charge is 0.426 e. The summed E-state index contributed by atoms with van der Waals surface area (Å²) >= 11 is 0. The lowest BCUT2D eigenvalue weighted by Gasteiger charge is -2.37. The van der Waals surface area contributed by atoms with E-state index in [0.29, 0.717) is 6.29 Å². The topological polar surface area (TPSA) is 72.5 Å². The third kappa shape index (κ3) is 3.51. The highest BCUT2D eigenvalue weighted by Crippen LogP contribution is 2.24. The van der Waals surface area contributed by atoms with Crippen LogP contribution in [0.2, 0.25) is 0 Å². The van der Waals surface area contributed by atoms with Crippen LogP contribution in [0.3, 0.4) is 0 Å². The second-order valence-electron chi connectivity index (χ2n) is 4.09. The van der Waals surface area contributed by atoms with Crippen LogP contribution in [0.25, 0.3) is 0 Å². The molecule has 0 unspecified atom stereocenters. The lowest BCUT2D eigenvalue weighted by atomic mass is 9.83. The Bertz CT molecular complexity index is 231. The number of aldehydes is 1. The van der Waals surface area contributed by atoms with Crippen LogP contribution in [0, 0.1) is 0 Å². The van der Waals surface area contributed by atoms with Crippen LogP contribution in [0.4, 0.5) is 0 Å². The molecule has 0 amide bonds. The van der Waals surface area contributed by atoms with Gasteiger partial charge in [-0.2, -0.15) is 0 Å². The Morgan fingerprint density at radius 1 is 1.43 bits per heavy atom. The summed E-state index contributed by atoms with van der Waals surface area (Å²) in [5.74, 6) is 0. The number of allylic oxidation sites excluding steroid dienone is 1. The monoisotopic (exact) mass is 198 g/mol. The van der Waals surface area contributed by atoms with Gasteiger partial charge in [0.05, 0.1) is 11.2 Å². The maximum absolute atomic E-state index is 10.4. The van der Waals surface area contributed by atoms with Crippen LogP contribution < -0.4 is 5.73 Å². The Labute approximate surface area is 85.4 Å². The SMILES string of the molecule is CC(C)(O)C(C)(C)O[B]/C(C=O)=C/N. The van der Waals surface area contributed by atoms with Crippen molar-refractivity contribution in [2.24, 2.45) is 5.73 Å². The number of nitrogens with two attached hydrogens (primary N) is 1. The van der Waals surface area contributed by atoms with Gasteiger partial charge in [0.2, 0.25) is 0 Å². The molecule has 14 heavy (non-hydrogen) atoms. The van der Waals surface area contributed by atoms with Gasteiger partial charge in [-0.25, -0.2) is 0 Å². The molecule has 0 aliphatic heterocycles. The molecule has 0 aromatic heterocycles. The summed E-state index contributed by atoms with van der Waals surface area (Å²) in [5.41, 5.74) is 3.60. The van der Waals surface area contributed by atoms with Crippen molar-refractivity contribution in [2.75, 3.05) is 0 Å². The number of aliphatic hydroxyl groups is 1. The van der Waals surface area contributed by atoms with Gasteiger partial charge in [0, 0.05) is 5.47 Å². The average molecular weight is 198 g/mol. The third-order valence-electron chi connectivity index (χ3n) is 2.29. The number of hydrogen-bond acceptors (Lipinski definition) is 4. The molecule has 0 saturated heterocycles. The van der Waals surface area contributed by atoms with E-state index in [4.69, 9.17) is 10.4 Å². The maximum Gasteiger partial charge on any atom is 0.335 e. The van der Waals surface area contributed by atoms with Crippen LogP contribution in [0.1, 0.15) is 27.7 Å². The fourth-order valence-electron chi connectivity index (χ4n) is 0.466. The van der Waals surface area contributed by atoms with E-state index in [1.54, 1.807) is 27.7 Å². The highest BCUT2D eigenvalue weighted by Gasteiger charge is 2.35. The normalized spacial score (nSPS) is 13.9. The Morgan fingerprint density at radius 2 is 1.93 bits per heavy atom.